The van der Waals surface area contributed by atoms with Gasteiger partial charge in [0.15, 0.2) is 0 Å². The molecule has 4 aromatic rings. The summed E-state index contributed by atoms with van der Waals surface area (Å²) < 4.78 is 0. The number of hydrogen-bond acceptors (Lipinski definition) is 6. The topological polar surface area (TPSA) is 114 Å². The van der Waals surface area contributed by atoms with Crippen LogP contribution < -0.4 is 31.5 Å². The van der Waals surface area contributed by atoms with Crippen LogP contribution in [0, 0.1) is 0 Å². The largest absolute Gasteiger partial charge is 0.374 e. The number of nitrogens with two attached hydrogens (primary N) is 3. The van der Waals surface area contributed by atoms with Gasteiger partial charge in [-0.1, -0.05) is 77.9 Å². The maximum Gasteiger partial charge on any atom is 0.248 e. The molecule has 10 heteroatoms. The highest BCUT2D eigenvalue weighted by Crippen LogP contribution is 2.37. The van der Waals surface area contributed by atoms with Crippen LogP contribution in [0.15, 0.2) is 97.1 Å². The van der Waals surface area contributed by atoms with Gasteiger partial charge in [0, 0.05) is 84.5 Å². The van der Waals surface area contributed by atoms with Gasteiger partial charge in [-0.3, -0.25) is 14.5 Å². The monoisotopic (exact) mass is 792 g/mol. The van der Waals surface area contributed by atoms with Crippen molar-refractivity contribution in [2.75, 3.05) is 62.6 Å². The summed E-state index contributed by atoms with van der Waals surface area (Å²) in [5, 5.41) is 2.08. The molecule has 296 valence electrons. The van der Waals surface area contributed by atoms with Gasteiger partial charge in [0.25, 0.3) is 0 Å². The van der Waals surface area contributed by atoms with E-state index in [1.54, 1.807) is 6.07 Å². The third kappa shape index (κ3) is 10.3. The number of hydrogen-bond donors (Lipinski definition) is 4. The lowest BCUT2D eigenvalue weighted by atomic mass is 9.79. The Hall–Kier alpha value is -4.48. The van der Waals surface area contributed by atoms with E-state index in [2.05, 4.69) is 137 Å². The Labute approximate surface area is 342 Å². The zero-order valence-electron chi connectivity index (χ0n) is 34.3. The van der Waals surface area contributed by atoms with Crippen molar-refractivity contribution >= 4 is 68.3 Å². The van der Waals surface area contributed by atoms with Crippen molar-refractivity contribution in [1.29, 1.82) is 0 Å². The second-order valence-corrected chi connectivity index (χ2v) is 18.7. The standard InChI is InChI=1S/C46H58N6O2S2/c1-45(2,38-30-34(43(47)53)16-22-40(38)49-5)25-9-10-32-11-18-36(19-12-32)50(6)26-28-55-56-29-27-51(7)37-20-13-33(14-21-37)15-24-42-46(3,4)39-31-35(44(48)54)17-23-41(39)52(42)8/h9-24,30-31,42,49H,25-29H2,1-8H3,(H2,47,53)(H2,48,54)/p+2/b10-9+,24-15+. The number of carbonyl (C=O) groups is 2. The van der Waals surface area contributed by atoms with Crippen molar-refractivity contribution in [3.05, 3.63) is 130 Å². The van der Waals surface area contributed by atoms with Crippen LogP contribution >= 0.6 is 21.6 Å². The van der Waals surface area contributed by atoms with Crippen molar-refractivity contribution in [3.8, 4) is 0 Å². The summed E-state index contributed by atoms with van der Waals surface area (Å²) in [5.74, 6) is 1.31. The van der Waals surface area contributed by atoms with Gasteiger partial charge >= 0.3 is 0 Å². The first-order valence-electron chi connectivity index (χ1n) is 19.4. The number of nitrogens with zero attached hydrogens (tertiary/aromatic N) is 2. The normalized spacial score (nSPS) is 16.4. The number of nitrogens with one attached hydrogen (secondary N) is 1. The lowest BCUT2D eigenvalue weighted by Gasteiger charge is -2.25. The Kier molecular flexibility index (Phi) is 14.2. The highest BCUT2D eigenvalue weighted by atomic mass is 33.1. The minimum atomic E-state index is -0.398. The molecule has 4 aromatic carbocycles. The number of allylic oxidation sites excluding steroid dienone is 1. The molecule has 0 bridgehead atoms. The maximum absolute atomic E-state index is 11.8. The highest BCUT2D eigenvalue weighted by molar-refractivity contribution is 8.76. The zero-order valence-corrected chi connectivity index (χ0v) is 35.9. The molecule has 0 aliphatic carbocycles. The van der Waals surface area contributed by atoms with Crippen LogP contribution in [0.2, 0.25) is 0 Å². The van der Waals surface area contributed by atoms with Gasteiger partial charge in [-0.25, -0.2) is 0 Å². The second-order valence-electron chi connectivity index (χ2n) is 16.0. The molecule has 1 heterocycles. The predicted octanol–water partition coefficient (Wildman–Crippen LogP) is 6.56. The third-order valence-corrected chi connectivity index (χ3v) is 13.6. The summed E-state index contributed by atoms with van der Waals surface area (Å²) in [6.07, 6.45) is 9.75. The van der Waals surface area contributed by atoms with Gasteiger partial charge in [0.05, 0.1) is 19.5 Å². The SMILES string of the molecule is C[NH2+]c1ccc(C(N)=O)cc1C(C)(C)C/C=C/c1ccc(N(C)CCSSCCN(C)c2ccc(/C=C/C3[NH+](C)c4ccc(C(N)=O)cc4C3(C)C)cc2)cc1. The first kappa shape index (κ1) is 42.7. The molecule has 1 aliphatic heterocycles. The van der Waals surface area contributed by atoms with E-state index >= 15 is 0 Å². The average Bonchev–Trinajstić information content (AvgIpc) is 3.37. The number of primary amides is 2. The Balaban J connectivity index is 1.02. The highest BCUT2D eigenvalue weighted by Gasteiger charge is 2.46. The summed E-state index contributed by atoms with van der Waals surface area (Å²) in [5.41, 5.74) is 21.4. The van der Waals surface area contributed by atoms with E-state index in [0.717, 1.165) is 42.3 Å². The Morgan fingerprint density at radius 3 is 1.86 bits per heavy atom. The zero-order chi connectivity index (χ0) is 40.6. The number of fused-ring (bicyclic) bond motifs is 1. The van der Waals surface area contributed by atoms with Crippen molar-refractivity contribution in [1.82, 2.24) is 0 Å². The van der Waals surface area contributed by atoms with Gasteiger partial charge in [-0.05, 0) is 91.4 Å². The summed E-state index contributed by atoms with van der Waals surface area (Å²) in [6, 6.07) is 29.3. The summed E-state index contributed by atoms with van der Waals surface area (Å²) in [4.78, 5) is 29.6. The fraction of sp³-hybridized carbons (Fsp3) is 0.348. The molecule has 7 N–H and O–H groups in total. The lowest BCUT2D eigenvalue weighted by molar-refractivity contribution is -0.828. The molecule has 0 spiro atoms. The van der Waals surface area contributed by atoms with Crippen LogP contribution in [0.1, 0.15) is 77.1 Å². The molecule has 0 saturated carbocycles. The van der Waals surface area contributed by atoms with E-state index in [0.29, 0.717) is 11.1 Å². The molecular formula is C46H60N6O2S2+2. The van der Waals surface area contributed by atoms with Crippen molar-refractivity contribution in [3.63, 3.8) is 0 Å². The second kappa shape index (κ2) is 18.6. The van der Waals surface area contributed by atoms with Crippen molar-refractivity contribution in [2.24, 2.45) is 11.5 Å². The van der Waals surface area contributed by atoms with Gasteiger partial charge in [-0.15, -0.1) is 0 Å². The average molecular weight is 793 g/mol. The molecule has 0 fully saturated rings. The van der Waals surface area contributed by atoms with Gasteiger partial charge in [0.2, 0.25) is 11.8 Å². The van der Waals surface area contributed by atoms with E-state index < -0.39 is 5.91 Å². The molecule has 2 unspecified atom stereocenters. The molecule has 2 amide bonds. The molecule has 0 aromatic heterocycles. The van der Waals surface area contributed by atoms with E-state index in [9.17, 15) is 9.59 Å². The smallest absolute Gasteiger partial charge is 0.248 e. The fourth-order valence-corrected chi connectivity index (χ4v) is 9.68. The molecule has 5 rings (SSSR count). The summed E-state index contributed by atoms with van der Waals surface area (Å²) in [7, 11) is 12.4. The maximum atomic E-state index is 11.8. The van der Waals surface area contributed by atoms with Crippen LogP contribution in [-0.2, 0) is 10.8 Å². The quantitative estimate of drug-likeness (QED) is 0.0516. The van der Waals surface area contributed by atoms with Crippen LogP contribution in [0.5, 0.6) is 0 Å². The predicted molar refractivity (Wildman–Crippen MR) is 241 cm³/mol. The molecule has 0 radical (unpaired) electrons. The minimum Gasteiger partial charge on any atom is -0.374 e. The van der Waals surface area contributed by atoms with E-state index in [1.165, 1.54) is 38.7 Å². The number of anilines is 2. The van der Waals surface area contributed by atoms with E-state index in [1.807, 2.05) is 59.0 Å². The number of likely N-dealkylation sites (N-methyl/N-ethyl adjacent to an activating group) is 1. The minimum absolute atomic E-state index is 0.126. The summed E-state index contributed by atoms with van der Waals surface area (Å²) in [6.45, 7) is 10.9. The molecular weight excluding hydrogens is 733 g/mol. The summed E-state index contributed by atoms with van der Waals surface area (Å²) >= 11 is 0. The Morgan fingerprint density at radius 2 is 1.32 bits per heavy atom. The van der Waals surface area contributed by atoms with Crippen LogP contribution in [0.4, 0.5) is 22.7 Å². The molecule has 2 atom stereocenters. The number of amides is 2. The number of quaternary nitrogens is 2. The number of benzene rings is 4. The molecule has 1 aliphatic rings. The van der Waals surface area contributed by atoms with Crippen molar-refractivity contribution in [2.45, 2.75) is 51.0 Å². The number of rotatable bonds is 18. The molecule has 8 nitrogen and oxygen atoms in total. The van der Waals surface area contributed by atoms with Crippen LogP contribution in [-0.4, -0.2) is 70.6 Å². The van der Waals surface area contributed by atoms with E-state index in [4.69, 9.17) is 11.5 Å². The fourth-order valence-electron chi connectivity index (χ4n) is 7.59. The Morgan fingerprint density at radius 1 is 0.804 bits per heavy atom. The third-order valence-electron chi connectivity index (χ3n) is 11.2. The lowest BCUT2D eigenvalue weighted by Crippen LogP contribution is -3.07. The van der Waals surface area contributed by atoms with Gasteiger partial charge < -0.3 is 26.6 Å². The van der Waals surface area contributed by atoms with Gasteiger partial charge in [0.1, 0.15) is 17.4 Å². The van der Waals surface area contributed by atoms with Gasteiger partial charge in [-0.2, -0.15) is 0 Å². The van der Waals surface area contributed by atoms with E-state index in [-0.39, 0.29) is 22.8 Å². The van der Waals surface area contributed by atoms with Crippen molar-refractivity contribution < 1.29 is 19.8 Å². The first-order valence-corrected chi connectivity index (χ1v) is 21.8. The first-order chi connectivity index (χ1) is 26.6. The van der Waals surface area contributed by atoms with Crippen LogP contribution in [0.25, 0.3) is 12.2 Å². The number of carbonyl (C=O) groups excluding carboxylic acids is 2. The Bertz CT molecular complexity index is 2040. The molecule has 0 saturated heterocycles. The van der Waals surface area contributed by atoms with Crippen LogP contribution in [0.3, 0.4) is 0 Å². The molecule has 56 heavy (non-hydrogen) atoms.